The van der Waals surface area contributed by atoms with Crippen LogP contribution in [0.25, 0.3) is 0 Å². The molecule has 0 saturated carbocycles. The largest absolute Gasteiger partial charge is 0.493 e. The van der Waals surface area contributed by atoms with Crippen molar-refractivity contribution in [1.29, 1.82) is 0 Å². The number of hydrogen-bond acceptors (Lipinski definition) is 17. The number of aryl methyl sites for hydroxylation is 2. The summed E-state index contributed by atoms with van der Waals surface area (Å²) in [6.07, 6.45) is -1.24. The molecule has 10 rings (SSSR count). The number of nitrogens with zero attached hydrogens (tertiary/aromatic N) is 5. The highest BCUT2D eigenvalue weighted by molar-refractivity contribution is 8.13. The molecule has 6 aliphatic heterocycles. The molecule has 0 radical (unpaired) electrons. The Bertz CT molecular complexity index is 3710. The van der Waals surface area contributed by atoms with Crippen molar-refractivity contribution in [3.63, 3.8) is 0 Å². The lowest BCUT2D eigenvalue weighted by atomic mass is 9.93. The zero-order chi connectivity index (χ0) is 70.7. The van der Waals surface area contributed by atoms with E-state index in [1.807, 2.05) is 13.0 Å². The molecule has 29 heteroatoms. The van der Waals surface area contributed by atoms with E-state index < -0.39 is 108 Å². The van der Waals surface area contributed by atoms with E-state index in [1.54, 1.807) is 94.7 Å². The number of aliphatic hydroxyl groups excluding tert-OH is 2. The summed E-state index contributed by atoms with van der Waals surface area (Å²) in [6.45, 7) is 16.9. The summed E-state index contributed by atoms with van der Waals surface area (Å²) in [5.74, 6) is -2.67. The Morgan fingerprint density at radius 3 is 1.49 bits per heavy atom. The molecule has 4 aromatic rings. The van der Waals surface area contributed by atoms with Crippen molar-refractivity contribution in [2.75, 3.05) is 78.7 Å². The van der Waals surface area contributed by atoms with Crippen LogP contribution in [0.4, 0.5) is 18.4 Å². The summed E-state index contributed by atoms with van der Waals surface area (Å²) in [4.78, 5) is 85.1. The number of hydrogen-bond donors (Lipinski definition) is 5. The molecule has 4 saturated heterocycles. The minimum absolute atomic E-state index is 0.00520. The second kappa shape index (κ2) is 32.6. The summed E-state index contributed by atoms with van der Waals surface area (Å²) >= 11 is 0. The van der Waals surface area contributed by atoms with Crippen LogP contribution in [0, 0.1) is 37.3 Å². The van der Waals surface area contributed by atoms with E-state index >= 15 is 0 Å². The number of fused-ring (bicyclic) bond motifs is 8. The predicted molar refractivity (Wildman–Crippen MR) is 355 cm³/mol. The lowest BCUT2D eigenvalue weighted by molar-refractivity contribution is -0.129. The zero-order valence-corrected chi connectivity index (χ0v) is 58.5. The molecule has 6 amide bonds. The molecule has 4 fully saturated rings. The fourth-order valence-electron chi connectivity index (χ4n) is 12.4. The topological polar surface area (TPSA) is 300 Å². The minimum atomic E-state index is -4.04. The third-order valence-electron chi connectivity index (χ3n) is 17.2. The Labute approximate surface area is 571 Å². The fraction of sp³-hybridized carbons (Fsp3) is 0.559. The highest BCUT2D eigenvalue weighted by Gasteiger charge is 2.46. The predicted octanol–water partition coefficient (Wildman–Crippen LogP) is 6.22. The highest BCUT2D eigenvalue weighted by Crippen LogP contribution is 2.30. The van der Waals surface area contributed by atoms with Gasteiger partial charge in [-0.05, 0) is 165 Å². The fourth-order valence-corrected chi connectivity index (χ4v) is 14.8. The van der Waals surface area contributed by atoms with Gasteiger partial charge >= 0.3 is 12.2 Å². The SMILES string of the molecule is CC(C)(C)OC(=O)N1CCNC[C@@H]1[C@@H](O)[C@@H]1Cc2cc(F)cc(c2)OCCCCN2CC(CC2=O)C(=O)N1.Cc1cccc(S(=O)(=O)Cl)c1.Cc1cccc(S(=O)(=O)N2CCN(C(=O)OC(C)(C)C)[C@@H]([C@@H](O)[C@@H]3Cc4cc(F)cc(c4)OCCCCN4CC(CC4=O)C(=O)N3)C2)c1. The summed E-state index contributed by atoms with van der Waals surface area (Å²) in [7, 11) is -2.49. The van der Waals surface area contributed by atoms with Gasteiger partial charge < -0.3 is 54.9 Å². The molecule has 0 aliphatic carbocycles. The molecule has 6 heterocycles. The average molecular weight is 1410 g/mol. The highest BCUT2D eigenvalue weighted by atomic mass is 35.7. The molecule has 0 aromatic heterocycles. The van der Waals surface area contributed by atoms with Gasteiger partial charge in [-0.2, -0.15) is 4.31 Å². The summed E-state index contributed by atoms with van der Waals surface area (Å²) in [6, 6.07) is 17.6. The van der Waals surface area contributed by atoms with E-state index in [2.05, 4.69) is 16.0 Å². The van der Waals surface area contributed by atoms with Gasteiger partial charge in [-0.3, -0.25) is 29.0 Å². The van der Waals surface area contributed by atoms with E-state index in [9.17, 15) is 64.6 Å². The first-order valence-corrected chi connectivity index (χ1v) is 36.5. The molecule has 0 spiro atoms. The standard InChI is InChI=1S/C34H45FN4O8S.C27H39FN4O6.C7H7ClO2S/c1-22-8-7-9-27(14-22)48(44,45)38-11-12-39(33(43)47-34(2,3)4)29(21-38)31(41)28-17-23-15-25(35)19-26(16-23)46-13-6-5-10-37-20-24(18-30(37)40)32(42)36-28;1-27(2,3)38-26(36)32-8-6-29-15-22(32)24(34)21-12-17-10-19(28)14-20(11-17)37-9-5-4-7-31-16-18(13-23(31)33)25(35)30-21;1-6-3-2-4-7(5-6)11(8,9)10/h7-9,14-16,19,24,28-29,31,41H,5-6,10-13,17-18,20-21H2,1-4H3,(H,36,42);10-11,14,18,21-22,24,29,34H,4-9,12-13,15-16H2,1-3H3,(H,30,35);2-5H,1H3/t24?,28-,29+,31-;18?,21-,22+,24-;/m00./s1. The van der Waals surface area contributed by atoms with Crippen LogP contribution in [0.3, 0.4) is 0 Å². The number of nitrogens with one attached hydrogen (secondary N) is 3. The van der Waals surface area contributed by atoms with Crippen LogP contribution in [0.5, 0.6) is 11.5 Å². The third-order valence-corrected chi connectivity index (χ3v) is 20.4. The Balaban J connectivity index is 0.000000218. The molecule has 532 valence electrons. The normalized spacial score (nSPS) is 23.3. The third kappa shape index (κ3) is 21.4. The van der Waals surface area contributed by atoms with Crippen molar-refractivity contribution in [3.8, 4) is 11.5 Å². The lowest BCUT2D eigenvalue weighted by Crippen LogP contribution is -2.65. The first-order chi connectivity index (χ1) is 45.6. The molecule has 5 N–H and O–H groups in total. The number of benzene rings is 4. The van der Waals surface area contributed by atoms with Gasteiger partial charge in [0.2, 0.25) is 33.7 Å². The first-order valence-electron chi connectivity index (χ1n) is 32.8. The molecular formula is C68H91ClF2N8O16S2. The molecule has 24 nitrogen and oxygen atoms in total. The zero-order valence-electron chi connectivity index (χ0n) is 56.1. The number of ether oxygens (including phenoxy) is 4. The van der Waals surface area contributed by atoms with Crippen LogP contribution in [-0.4, -0.2) is 213 Å². The second-order valence-electron chi connectivity index (χ2n) is 27.4. The Hall–Kier alpha value is -7.21. The number of rotatable bonds is 7. The van der Waals surface area contributed by atoms with Gasteiger partial charge in [0.15, 0.2) is 0 Å². The van der Waals surface area contributed by atoms with Gasteiger partial charge in [-0.25, -0.2) is 35.2 Å². The molecule has 4 aromatic carbocycles. The van der Waals surface area contributed by atoms with Crippen molar-refractivity contribution in [1.82, 2.24) is 39.9 Å². The Kier molecular flexibility index (Phi) is 25.4. The Morgan fingerprint density at radius 1 is 0.588 bits per heavy atom. The van der Waals surface area contributed by atoms with Gasteiger partial charge in [0.1, 0.15) is 34.3 Å². The molecule has 8 atom stereocenters. The van der Waals surface area contributed by atoms with Gasteiger partial charge in [0.25, 0.3) is 9.05 Å². The van der Waals surface area contributed by atoms with Gasteiger partial charge in [-0.1, -0.05) is 24.3 Å². The van der Waals surface area contributed by atoms with Gasteiger partial charge in [0, 0.05) is 101 Å². The van der Waals surface area contributed by atoms with Crippen molar-refractivity contribution in [2.24, 2.45) is 11.8 Å². The molecule has 6 aliphatic rings. The first kappa shape index (κ1) is 75.6. The number of carbonyl (C=O) groups is 6. The van der Waals surface area contributed by atoms with Crippen LogP contribution >= 0.6 is 10.7 Å². The van der Waals surface area contributed by atoms with E-state index in [4.69, 9.17) is 29.6 Å². The average Bonchev–Trinajstić information content (AvgIpc) is 1.56. The molecule has 97 heavy (non-hydrogen) atoms. The van der Waals surface area contributed by atoms with Crippen molar-refractivity contribution in [3.05, 3.63) is 119 Å². The van der Waals surface area contributed by atoms with Crippen LogP contribution in [-0.2, 0) is 60.6 Å². The number of amides is 6. The maximum Gasteiger partial charge on any atom is 0.410 e. The van der Waals surface area contributed by atoms with E-state index in [0.29, 0.717) is 95.0 Å². The van der Waals surface area contributed by atoms with Crippen molar-refractivity contribution >= 4 is 65.6 Å². The lowest BCUT2D eigenvalue weighted by Gasteiger charge is -2.44. The summed E-state index contributed by atoms with van der Waals surface area (Å²) in [5.41, 5.74) is 0.988. The molecule has 2 unspecified atom stereocenters. The van der Waals surface area contributed by atoms with Crippen LogP contribution in [0.15, 0.2) is 94.7 Å². The van der Waals surface area contributed by atoms with Crippen molar-refractivity contribution < 1.29 is 83.5 Å². The molecular weight excluding hydrogens is 1320 g/mol. The van der Waals surface area contributed by atoms with Crippen molar-refractivity contribution in [2.45, 2.75) is 164 Å². The Morgan fingerprint density at radius 2 is 1.04 bits per heavy atom. The quantitative estimate of drug-likeness (QED) is 0.128. The number of piperazine rings is 2. The van der Waals surface area contributed by atoms with E-state index in [1.165, 1.54) is 56.6 Å². The van der Waals surface area contributed by atoms with Crippen LogP contribution in [0.2, 0.25) is 0 Å². The van der Waals surface area contributed by atoms with Gasteiger partial charge in [-0.15, -0.1) is 0 Å². The minimum Gasteiger partial charge on any atom is -0.493 e. The number of halogens is 3. The molecule has 8 bridgehead atoms. The summed E-state index contributed by atoms with van der Waals surface area (Å²) in [5, 5.41) is 32.7. The number of aliphatic hydroxyl groups is 2. The monoisotopic (exact) mass is 1410 g/mol. The number of sulfonamides is 1. The number of carbonyl (C=O) groups excluding carboxylic acids is 6. The smallest absolute Gasteiger partial charge is 0.410 e. The van der Waals surface area contributed by atoms with Crippen LogP contribution in [0.1, 0.15) is 102 Å². The summed E-state index contributed by atoms with van der Waals surface area (Å²) < 4.78 is 102. The van der Waals surface area contributed by atoms with E-state index in [0.717, 1.165) is 11.1 Å². The maximum atomic E-state index is 14.8. The maximum absolute atomic E-state index is 14.8. The second-order valence-corrected chi connectivity index (χ2v) is 31.9. The van der Waals surface area contributed by atoms with Gasteiger partial charge in [0.05, 0.1) is 71.2 Å². The van der Waals surface area contributed by atoms with Crippen LogP contribution < -0.4 is 25.4 Å². The van der Waals surface area contributed by atoms with E-state index in [-0.39, 0.29) is 85.1 Å².